The van der Waals surface area contributed by atoms with Gasteiger partial charge in [0.25, 0.3) is 0 Å². The van der Waals surface area contributed by atoms with Gasteiger partial charge in [0.2, 0.25) is 0 Å². The minimum atomic E-state index is -1.28. The van der Waals surface area contributed by atoms with Gasteiger partial charge in [0, 0.05) is 49.7 Å². The summed E-state index contributed by atoms with van der Waals surface area (Å²) in [5.74, 6) is -0.313. The summed E-state index contributed by atoms with van der Waals surface area (Å²) in [7, 11) is 3.69. The third-order valence-electron chi connectivity index (χ3n) is 18.3. The maximum absolute atomic E-state index is 13.2. The van der Waals surface area contributed by atoms with E-state index in [0.29, 0.717) is 50.1 Å². The summed E-state index contributed by atoms with van der Waals surface area (Å²) in [6.07, 6.45) is 24.9. The van der Waals surface area contributed by atoms with Crippen LogP contribution in [-0.4, -0.2) is 115 Å². The van der Waals surface area contributed by atoms with Gasteiger partial charge in [-0.25, -0.2) is 0 Å². The number of rotatable bonds is 22. The number of aryl methyl sites for hydroxylation is 1. The van der Waals surface area contributed by atoms with Crippen LogP contribution in [0.25, 0.3) is 0 Å². The Labute approximate surface area is 437 Å². The number of carbonyl (C=O) groups excluding carboxylic acids is 1. The Hall–Kier alpha value is -3.81. The third kappa shape index (κ3) is 13.1. The average molecular weight is 1000 g/mol. The first-order valence-electron chi connectivity index (χ1n) is 27.8. The van der Waals surface area contributed by atoms with Gasteiger partial charge in [0.1, 0.15) is 12.4 Å². The molecule has 7 rings (SSSR count). The van der Waals surface area contributed by atoms with E-state index in [1.807, 2.05) is 33.2 Å². The van der Waals surface area contributed by atoms with E-state index in [9.17, 15) is 30.3 Å². The van der Waals surface area contributed by atoms with Crippen molar-refractivity contribution in [3.63, 3.8) is 0 Å². The molecule has 3 fully saturated rings. The lowest BCUT2D eigenvalue weighted by atomic mass is 9.45. The highest BCUT2D eigenvalue weighted by atomic mass is 16.5. The van der Waals surface area contributed by atoms with Crippen LogP contribution in [-0.2, 0) is 27.1 Å². The summed E-state index contributed by atoms with van der Waals surface area (Å²) < 4.78 is 11.9. The van der Waals surface area contributed by atoms with Crippen LogP contribution in [0.1, 0.15) is 120 Å². The summed E-state index contributed by atoms with van der Waals surface area (Å²) in [4.78, 5) is 12.6. The third-order valence-corrected chi connectivity index (χ3v) is 18.3. The van der Waals surface area contributed by atoms with Crippen LogP contribution in [0.15, 0.2) is 125 Å². The Balaban J connectivity index is 1.26. The predicted octanol–water partition coefficient (Wildman–Crippen LogP) is 9.08. The molecule has 4 aliphatic carbocycles. The molecule has 4 bridgehead atoms. The van der Waals surface area contributed by atoms with Crippen LogP contribution in [0.2, 0.25) is 0 Å². The number of aldehydes is 1. The molecule has 2 aromatic rings. The zero-order valence-electron chi connectivity index (χ0n) is 44.7. The minimum absolute atomic E-state index is 0.0587. The highest BCUT2D eigenvalue weighted by Gasteiger charge is 2.68. The largest absolute Gasteiger partial charge is 0.396 e. The predicted molar refractivity (Wildman–Crippen MR) is 293 cm³/mol. The number of benzene rings is 2. The van der Waals surface area contributed by atoms with Crippen LogP contribution in [0.4, 0.5) is 0 Å². The van der Waals surface area contributed by atoms with E-state index in [1.165, 1.54) is 54.4 Å². The second-order valence-corrected chi connectivity index (χ2v) is 22.7. The number of nitrogens with one attached hydrogen (secondary N) is 2. The van der Waals surface area contributed by atoms with Gasteiger partial charge >= 0.3 is 0 Å². The molecule has 10 nitrogen and oxygen atoms in total. The molecule has 73 heavy (non-hydrogen) atoms. The molecular weight excluding hydrogens is 913 g/mol. The maximum atomic E-state index is 13.2. The first-order chi connectivity index (χ1) is 35.4. The highest BCUT2D eigenvalue weighted by molar-refractivity contribution is 5.74. The molecular formula is C63H90N2O8. The summed E-state index contributed by atoms with van der Waals surface area (Å²) >= 11 is 0. The molecule has 400 valence electrons. The van der Waals surface area contributed by atoms with E-state index in [2.05, 4.69) is 96.5 Å². The van der Waals surface area contributed by atoms with Crippen molar-refractivity contribution in [1.29, 1.82) is 0 Å². The first-order valence-corrected chi connectivity index (χ1v) is 27.8. The van der Waals surface area contributed by atoms with Gasteiger partial charge in [-0.3, -0.25) is 4.79 Å². The molecule has 0 aromatic heterocycles. The molecule has 0 amide bonds. The monoisotopic (exact) mass is 1000 g/mol. The van der Waals surface area contributed by atoms with Crippen molar-refractivity contribution in [2.45, 2.75) is 139 Å². The SMILES string of the molecule is C=C(/C=C/C=C(/COC[C@H](O)CO)[C@@H]1CC[C@]2([C@@H]1O)[C@@H]1C(=C(C)C=O)[C@@H](C=C[C@@H]1CCO)C[C@]2(O)CCNC)[C@H]1C/C=C(\C)CN[C@](CCOC)(C2CCCCC2)Cc2cccc(c2)[C@H]1CCc1ccccc1. The van der Waals surface area contributed by atoms with Crippen LogP contribution in [0.5, 0.6) is 0 Å². The Bertz CT molecular complexity index is 2260. The quantitative estimate of drug-likeness (QED) is 0.0263. The number of methoxy groups -OCH3 is 1. The first kappa shape index (κ1) is 56.9. The fourth-order valence-corrected chi connectivity index (χ4v) is 14.5. The number of fused-ring (bicyclic) bond motifs is 5. The molecule has 1 spiro atoms. The molecule has 0 radical (unpaired) electrons. The number of aliphatic hydroxyl groups excluding tert-OH is 4. The van der Waals surface area contributed by atoms with Gasteiger partial charge in [-0.2, -0.15) is 0 Å². The van der Waals surface area contributed by atoms with Gasteiger partial charge < -0.3 is 45.6 Å². The van der Waals surface area contributed by atoms with E-state index < -0.39 is 35.7 Å². The van der Waals surface area contributed by atoms with Gasteiger partial charge in [-0.15, -0.1) is 0 Å². The molecule has 0 saturated heterocycles. The maximum Gasteiger partial charge on any atom is 0.145 e. The summed E-state index contributed by atoms with van der Waals surface area (Å²) in [5.41, 5.74) is 6.35. The van der Waals surface area contributed by atoms with Gasteiger partial charge in [0.05, 0.1) is 31.5 Å². The van der Waals surface area contributed by atoms with E-state index in [-0.39, 0.29) is 54.9 Å². The van der Waals surface area contributed by atoms with Crippen LogP contribution in [0, 0.1) is 40.9 Å². The number of aliphatic hydroxyl groups is 5. The van der Waals surface area contributed by atoms with Crippen molar-refractivity contribution < 1.29 is 39.8 Å². The lowest BCUT2D eigenvalue weighted by molar-refractivity contribution is -0.194. The van der Waals surface area contributed by atoms with E-state index in [0.717, 1.165) is 68.3 Å². The normalized spacial score (nSPS) is 33.0. The Morgan fingerprint density at radius 1 is 1.01 bits per heavy atom. The molecule has 1 aliphatic heterocycles. The number of ether oxygens (including phenoxy) is 2. The van der Waals surface area contributed by atoms with Gasteiger partial charge in [-0.05, 0) is 162 Å². The second-order valence-electron chi connectivity index (χ2n) is 22.7. The molecule has 10 heteroatoms. The van der Waals surface area contributed by atoms with E-state index in [1.54, 1.807) is 0 Å². The zero-order chi connectivity index (χ0) is 52.0. The summed E-state index contributed by atoms with van der Waals surface area (Å²) in [6, 6.07) is 20.1. The number of hydrogen-bond donors (Lipinski definition) is 7. The van der Waals surface area contributed by atoms with Gasteiger partial charge in [-0.1, -0.05) is 134 Å². The number of hydrogen-bond acceptors (Lipinski definition) is 10. The second kappa shape index (κ2) is 26.8. The Kier molecular flexibility index (Phi) is 20.9. The van der Waals surface area contributed by atoms with Crippen molar-refractivity contribution in [2.75, 3.05) is 60.3 Å². The average Bonchev–Trinajstić information content (AvgIpc) is 3.76. The molecule has 11 atom stereocenters. The van der Waals surface area contributed by atoms with Crippen LogP contribution < -0.4 is 10.6 Å². The standard InChI is InChI=1S/C63H90N2O8/c1-44-22-26-55(56(27-23-47-15-8-6-9-16-47)50-18-13-17-48(36-50)37-61(65-39-44,32-35-72-5)53-20-10-7-11-21-53)45(2)14-12-19-52(42-73-43-54(69)41-68)57-28-30-63(60(57)70)59-49(29-34-66)24-25-51(58(59)46(3)40-67)38-62(63,71)31-33-64-4/h6,8-9,12-19,22,24-25,36,40,49,51,53-57,59-60,64-66,68-71H,2,7,10-11,20-21,23,26-35,37-39,41-43H2,1,3-5H3/b14-12+,44-22+,52-19-,58-46?/t49-,51+,54-,55-,56-,57+,59+,60-,61+,62-,63-/m1/s1. The molecule has 1 heterocycles. The Morgan fingerprint density at radius 2 is 1.81 bits per heavy atom. The van der Waals surface area contributed by atoms with Crippen molar-refractivity contribution in [3.05, 3.63) is 142 Å². The number of carbonyl (C=O) groups is 1. The summed E-state index contributed by atoms with van der Waals surface area (Å²) in [5, 5.41) is 64.2. The van der Waals surface area contributed by atoms with Crippen molar-refractivity contribution in [2.24, 2.45) is 40.9 Å². The lowest BCUT2D eigenvalue weighted by Crippen LogP contribution is -2.65. The van der Waals surface area contributed by atoms with E-state index >= 15 is 0 Å². The fourth-order valence-electron chi connectivity index (χ4n) is 14.5. The molecule has 0 unspecified atom stereocenters. The Morgan fingerprint density at radius 3 is 2.53 bits per heavy atom. The fraction of sp³-hybridized carbons (Fsp3) is 0.603. The van der Waals surface area contributed by atoms with Crippen molar-refractivity contribution in [3.8, 4) is 0 Å². The van der Waals surface area contributed by atoms with Crippen molar-refractivity contribution >= 4 is 6.29 Å². The van der Waals surface area contributed by atoms with Crippen molar-refractivity contribution in [1.82, 2.24) is 10.6 Å². The smallest absolute Gasteiger partial charge is 0.145 e. The van der Waals surface area contributed by atoms with Crippen LogP contribution >= 0.6 is 0 Å². The van der Waals surface area contributed by atoms with E-state index in [4.69, 9.17) is 16.1 Å². The lowest BCUT2D eigenvalue weighted by Gasteiger charge is -2.61. The molecule has 3 saturated carbocycles. The zero-order valence-corrected chi connectivity index (χ0v) is 44.7. The van der Waals surface area contributed by atoms with Crippen LogP contribution in [0.3, 0.4) is 0 Å². The highest BCUT2D eigenvalue weighted by Crippen LogP contribution is 2.67. The number of allylic oxidation sites excluding steroid dienone is 9. The van der Waals surface area contributed by atoms with Gasteiger partial charge in [0.15, 0.2) is 0 Å². The molecule has 7 N–H and O–H groups in total. The summed E-state index contributed by atoms with van der Waals surface area (Å²) in [6.45, 7) is 10.5. The topological polar surface area (TPSA) is 161 Å². The molecule has 5 aliphatic rings. The molecule has 2 aromatic carbocycles. The minimum Gasteiger partial charge on any atom is -0.396 e.